The molecular formula is C36H50FN4+. The van der Waals surface area contributed by atoms with Gasteiger partial charge in [0.25, 0.3) is 0 Å². The summed E-state index contributed by atoms with van der Waals surface area (Å²) >= 11 is 0. The first kappa shape index (κ1) is 30.8. The van der Waals surface area contributed by atoms with Crippen LogP contribution in [0.3, 0.4) is 0 Å². The van der Waals surface area contributed by atoms with Crippen LogP contribution in [0.4, 0.5) is 4.39 Å². The largest absolute Gasteiger partial charge is 0.403 e. The zero-order chi connectivity index (χ0) is 30.2. The number of halogens is 1. The zero-order valence-electron chi connectivity index (χ0n) is 26.5. The van der Waals surface area contributed by atoms with Crippen molar-refractivity contribution in [1.82, 2.24) is 9.88 Å². The summed E-state index contributed by atoms with van der Waals surface area (Å²) in [6.07, 6.45) is 9.53. The number of nitrogens with two attached hydrogens (primary N) is 1. The predicted octanol–water partition coefficient (Wildman–Crippen LogP) is 8.11. The minimum atomic E-state index is -0.133. The Balaban J connectivity index is 0.000000277. The lowest BCUT2D eigenvalue weighted by atomic mass is 9.78. The Morgan fingerprint density at radius 1 is 1.10 bits per heavy atom. The van der Waals surface area contributed by atoms with Gasteiger partial charge in [0.1, 0.15) is 5.82 Å². The summed E-state index contributed by atoms with van der Waals surface area (Å²) in [4.78, 5) is 7.36. The maximum absolute atomic E-state index is 14.6. The van der Waals surface area contributed by atoms with Crippen molar-refractivity contribution >= 4 is 16.6 Å². The Morgan fingerprint density at radius 3 is 2.44 bits per heavy atom. The Morgan fingerprint density at radius 2 is 1.78 bits per heavy atom. The third-order valence-corrected chi connectivity index (χ3v) is 8.94. The molecule has 1 atom stereocenters. The molecule has 0 fully saturated rings. The van der Waals surface area contributed by atoms with Gasteiger partial charge in [0.2, 0.25) is 0 Å². The molecule has 5 heteroatoms. The lowest BCUT2D eigenvalue weighted by molar-refractivity contribution is -0.870. The Hall–Kier alpha value is -3.18. The molecule has 4 aliphatic rings. The van der Waals surface area contributed by atoms with Crippen molar-refractivity contribution in [2.24, 2.45) is 11.7 Å². The molecule has 2 aromatic rings. The van der Waals surface area contributed by atoms with Crippen molar-refractivity contribution in [2.75, 3.05) is 27.7 Å². The number of rotatable bonds is 4. The first-order chi connectivity index (χ1) is 19.4. The number of nitrogens with zero attached hydrogens (tertiary/aromatic N) is 3. The van der Waals surface area contributed by atoms with E-state index in [1.165, 1.54) is 33.2 Å². The van der Waals surface area contributed by atoms with Crippen LogP contribution in [0.2, 0.25) is 0 Å². The van der Waals surface area contributed by atoms with Crippen LogP contribution >= 0.6 is 0 Å². The van der Waals surface area contributed by atoms with Gasteiger partial charge in [-0.25, -0.2) is 9.37 Å². The van der Waals surface area contributed by atoms with Crippen LogP contribution in [0.1, 0.15) is 80.8 Å². The van der Waals surface area contributed by atoms with Crippen LogP contribution in [-0.2, 0) is 19.4 Å². The number of hydrogen-bond donors (Lipinski definition) is 1. The molecule has 0 spiro atoms. The van der Waals surface area contributed by atoms with Crippen molar-refractivity contribution in [3.05, 3.63) is 93.8 Å². The van der Waals surface area contributed by atoms with Gasteiger partial charge in [0.05, 0.1) is 51.1 Å². The Labute approximate surface area is 247 Å². The second-order valence-electron chi connectivity index (χ2n) is 12.8. The number of hydrogen-bond acceptors (Lipinski definition) is 3. The first-order valence-corrected chi connectivity index (χ1v) is 15.3. The third kappa shape index (κ3) is 5.92. The molecule has 1 aromatic heterocycles. The lowest BCUT2D eigenvalue weighted by Gasteiger charge is -2.36. The van der Waals surface area contributed by atoms with Gasteiger partial charge in [0.15, 0.2) is 0 Å². The van der Waals surface area contributed by atoms with Crippen LogP contribution in [0, 0.1) is 18.7 Å². The zero-order valence-corrected chi connectivity index (χ0v) is 26.5. The average Bonchev–Trinajstić information content (AvgIpc) is 3.29. The van der Waals surface area contributed by atoms with Crippen LogP contribution in [0.15, 0.2) is 60.0 Å². The summed E-state index contributed by atoms with van der Waals surface area (Å²) in [6, 6.07) is 1.64. The van der Waals surface area contributed by atoms with Crippen molar-refractivity contribution in [2.45, 2.75) is 79.2 Å². The monoisotopic (exact) mass is 557 g/mol. The van der Waals surface area contributed by atoms with Crippen LogP contribution in [0.5, 0.6) is 0 Å². The molecule has 6 rings (SSSR count). The van der Waals surface area contributed by atoms with Crippen molar-refractivity contribution < 1.29 is 8.87 Å². The van der Waals surface area contributed by atoms with Crippen LogP contribution in [0.25, 0.3) is 16.6 Å². The van der Waals surface area contributed by atoms with E-state index >= 15 is 0 Å². The Bertz CT molecular complexity index is 1470. The highest BCUT2D eigenvalue weighted by molar-refractivity contribution is 5.92. The summed E-state index contributed by atoms with van der Waals surface area (Å²) in [5.41, 5.74) is 19.0. The van der Waals surface area contributed by atoms with Crippen molar-refractivity contribution in [3.8, 4) is 0 Å². The number of benzene rings is 1. The van der Waals surface area contributed by atoms with E-state index < -0.39 is 0 Å². The fraction of sp³-hybridized carbons (Fsp3) is 0.472. The van der Waals surface area contributed by atoms with Crippen molar-refractivity contribution in [3.63, 3.8) is 0 Å². The highest BCUT2D eigenvalue weighted by atomic mass is 19.1. The van der Waals surface area contributed by atoms with E-state index in [9.17, 15) is 4.39 Å². The fourth-order valence-corrected chi connectivity index (χ4v) is 6.61. The molecule has 220 valence electrons. The van der Waals surface area contributed by atoms with Crippen LogP contribution < -0.4 is 5.73 Å². The van der Waals surface area contributed by atoms with Crippen molar-refractivity contribution in [1.29, 1.82) is 0 Å². The molecule has 0 saturated carbocycles. The van der Waals surface area contributed by atoms with E-state index in [1.54, 1.807) is 6.07 Å². The maximum Gasteiger partial charge on any atom is 0.128 e. The number of pyridine rings is 1. The second kappa shape index (κ2) is 12.0. The van der Waals surface area contributed by atoms with Crippen LogP contribution in [-0.4, -0.2) is 42.1 Å². The number of aryl methyl sites for hydroxylation is 2. The summed E-state index contributed by atoms with van der Waals surface area (Å²) < 4.78 is 15.6. The summed E-state index contributed by atoms with van der Waals surface area (Å²) in [5.74, 6) is 0.214. The van der Waals surface area contributed by atoms with Gasteiger partial charge in [-0.3, -0.25) is 0 Å². The molecule has 4 nitrogen and oxygen atoms in total. The molecular weight excluding hydrogens is 507 g/mol. The summed E-state index contributed by atoms with van der Waals surface area (Å²) in [5, 5.41) is 1.21. The highest BCUT2D eigenvalue weighted by Crippen LogP contribution is 2.49. The lowest BCUT2D eigenvalue weighted by Crippen LogP contribution is -2.35. The molecule has 2 aliphatic carbocycles. The van der Waals surface area contributed by atoms with E-state index in [0.717, 1.165) is 102 Å². The van der Waals surface area contributed by atoms with E-state index in [2.05, 4.69) is 58.8 Å². The number of quaternary nitrogens is 1. The Kier molecular flexibility index (Phi) is 8.98. The fourth-order valence-electron chi connectivity index (χ4n) is 6.61. The molecule has 0 radical (unpaired) electrons. The molecule has 0 bridgehead atoms. The van der Waals surface area contributed by atoms with Gasteiger partial charge < -0.3 is 15.1 Å². The summed E-state index contributed by atoms with van der Waals surface area (Å²) in [6.45, 7) is 22.6. The van der Waals surface area contributed by atoms with Gasteiger partial charge in [-0.2, -0.15) is 0 Å². The van der Waals surface area contributed by atoms with E-state index in [4.69, 9.17) is 10.7 Å². The average molecular weight is 558 g/mol. The maximum atomic E-state index is 14.6. The number of fused-ring (bicyclic) bond motifs is 4. The molecule has 1 unspecified atom stereocenters. The SMILES string of the molecule is C=C(N)CCC[N+](C)(C)C.C=C1CCC2=C(C=C3c4nc5cc(F)c(C)c6c5c(c4CN3C2=C)CCC6)C1C.CC. The van der Waals surface area contributed by atoms with E-state index in [0.29, 0.717) is 5.92 Å². The second-order valence-corrected chi connectivity index (χ2v) is 12.8. The van der Waals surface area contributed by atoms with E-state index in [-0.39, 0.29) is 5.82 Å². The standard InChI is InChI=1S/C26H25FN2.C8H19N2.C2H6/c1-13-8-9-18-16(4)29-12-21-19-7-5-6-17-15(3)22(27)11-23(25(17)19)28-26(21)24(29)10-20(18)14(13)2;1-8(9)6-5-7-10(2,3)4;1-2/h10-11,14H,1,4-9,12H2,2-3H3;1,5-7,9H2,2-4H3;1-2H3/q;+1;. The van der Waals surface area contributed by atoms with Gasteiger partial charge in [-0.05, 0) is 79.4 Å². The molecule has 0 saturated heterocycles. The molecule has 1 aromatic carbocycles. The molecule has 41 heavy (non-hydrogen) atoms. The topological polar surface area (TPSA) is 42.1 Å². The number of aromatic nitrogens is 1. The summed E-state index contributed by atoms with van der Waals surface area (Å²) in [7, 11) is 6.54. The first-order valence-electron chi connectivity index (χ1n) is 15.3. The molecule has 3 heterocycles. The van der Waals surface area contributed by atoms with E-state index in [1.807, 2.05) is 20.8 Å². The quantitative estimate of drug-likeness (QED) is 0.305. The van der Waals surface area contributed by atoms with Gasteiger partial charge in [0, 0.05) is 40.7 Å². The molecule has 0 amide bonds. The highest BCUT2D eigenvalue weighted by Gasteiger charge is 2.38. The van der Waals surface area contributed by atoms with Gasteiger partial charge in [-0.1, -0.05) is 46.1 Å². The smallest absolute Gasteiger partial charge is 0.128 e. The molecule has 2 aliphatic heterocycles. The predicted molar refractivity (Wildman–Crippen MR) is 172 cm³/mol. The van der Waals surface area contributed by atoms with Gasteiger partial charge in [-0.15, -0.1) is 0 Å². The minimum absolute atomic E-state index is 0.133. The normalized spacial score (nSPS) is 19.0. The third-order valence-electron chi connectivity index (χ3n) is 8.94. The minimum Gasteiger partial charge on any atom is -0.403 e. The van der Waals surface area contributed by atoms with Gasteiger partial charge >= 0.3 is 0 Å². The molecule has 2 N–H and O–H groups in total. The number of allylic oxidation sites excluding steroid dienone is 5.